The Morgan fingerprint density at radius 1 is 0.963 bits per heavy atom. The van der Waals surface area contributed by atoms with E-state index in [2.05, 4.69) is 4.98 Å². The first-order valence-corrected chi connectivity index (χ1v) is 9.25. The van der Waals surface area contributed by atoms with Gasteiger partial charge in [-0.1, -0.05) is 30.3 Å². The number of rotatable bonds is 3. The van der Waals surface area contributed by atoms with Crippen molar-refractivity contribution in [2.24, 2.45) is 0 Å². The van der Waals surface area contributed by atoms with Crippen molar-refractivity contribution in [1.82, 2.24) is 4.98 Å². The summed E-state index contributed by atoms with van der Waals surface area (Å²) in [5.74, 6) is 0.0365. The molecule has 0 bridgehead atoms. The van der Waals surface area contributed by atoms with Gasteiger partial charge in [0.1, 0.15) is 21.9 Å². The number of carbonyl (C=O) groups excluding carboxylic acids is 1. The van der Waals surface area contributed by atoms with Gasteiger partial charge in [0.2, 0.25) is 0 Å². The molecule has 0 saturated heterocycles. The summed E-state index contributed by atoms with van der Waals surface area (Å²) < 4.78 is 12.3. The highest BCUT2D eigenvalue weighted by Gasteiger charge is 2.09. The summed E-state index contributed by atoms with van der Waals surface area (Å²) in [7, 11) is 0. The lowest BCUT2D eigenvalue weighted by Crippen LogP contribution is -2.03. The molecule has 2 aromatic heterocycles. The predicted molar refractivity (Wildman–Crippen MR) is 108 cm³/mol. The molecule has 0 atom stereocenters. The van der Waals surface area contributed by atoms with Gasteiger partial charge in [-0.25, -0.2) is 9.78 Å². The number of aromatic nitrogens is 1. The molecular formula is C22H13NO3S. The van der Waals surface area contributed by atoms with Crippen molar-refractivity contribution in [3.8, 4) is 5.75 Å². The van der Waals surface area contributed by atoms with E-state index in [1.165, 1.54) is 17.4 Å². The second kappa shape index (κ2) is 6.37. The number of ether oxygens (including phenoxy) is 1. The lowest BCUT2D eigenvalue weighted by atomic mass is 10.1. The van der Waals surface area contributed by atoms with E-state index in [4.69, 9.17) is 9.15 Å². The topological polar surface area (TPSA) is 52.3 Å². The third-order valence-electron chi connectivity index (χ3n) is 4.24. The number of esters is 1. The lowest BCUT2D eigenvalue weighted by molar-refractivity contribution is -0.128. The second-order valence-electron chi connectivity index (χ2n) is 6.03. The van der Waals surface area contributed by atoms with E-state index in [-0.39, 0.29) is 0 Å². The summed E-state index contributed by atoms with van der Waals surface area (Å²) in [4.78, 5) is 16.7. The molecule has 0 N–H and O–H groups in total. The van der Waals surface area contributed by atoms with Gasteiger partial charge in [0.25, 0.3) is 0 Å². The first kappa shape index (κ1) is 15.8. The maximum atomic E-state index is 12.2. The molecule has 5 rings (SSSR count). The molecule has 0 fully saturated rings. The summed E-state index contributed by atoms with van der Waals surface area (Å²) in [6, 6.07) is 21.0. The number of para-hydroxylation sites is 2. The van der Waals surface area contributed by atoms with Gasteiger partial charge in [-0.3, -0.25) is 0 Å². The van der Waals surface area contributed by atoms with Gasteiger partial charge in [-0.05, 0) is 42.5 Å². The summed E-state index contributed by atoms with van der Waals surface area (Å²) in [6.45, 7) is 0. The fourth-order valence-corrected chi connectivity index (χ4v) is 3.89. The van der Waals surface area contributed by atoms with Crippen LogP contribution >= 0.6 is 11.3 Å². The molecule has 130 valence electrons. The van der Waals surface area contributed by atoms with Crippen molar-refractivity contribution in [2.75, 3.05) is 0 Å². The lowest BCUT2D eigenvalue weighted by Gasteiger charge is -2.00. The molecule has 0 amide bonds. The van der Waals surface area contributed by atoms with Crippen LogP contribution in [0.3, 0.4) is 0 Å². The van der Waals surface area contributed by atoms with Gasteiger partial charge < -0.3 is 9.15 Å². The highest BCUT2D eigenvalue weighted by molar-refractivity contribution is 7.19. The van der Waals surface area contributed by atoms with Gasteiger partial charge in [0.05, 0.1) is 10.2 Å². The van der Waals surface area contributed by atoms with Gasteiger partial charge in [0.15, 0.2) is 0 Å². The Labute approximate surface area is 158 Å². The summed E-state index contributed by atoms with van der Waals surface area (Å²) >= 11 is 1.53. The number of carbonyl (C=O) groups is 1. The zero-order valence-corrected chi connectivity index (χ0v) is 14.9. The van der Waals surface area contributed by atoms with Crippen molar-refractivity contribution in [2.45, 2.75) is 0 Å². The molecule has 27 heavy (non-hydrogen) atoms. The maximum absolute atomic E-state index is 12.2. The fourth-order valence-electron chi connectivity index (χ4n) is 3.02. The van der Waals surface area contributed by atoms with Crippen molar-refractivity contribution >= 4 is 55.5 Å². The first-order chi connectivity index (χ1) is 13.3. The zero-order chi connectivity index (χ0) is 18.2. The van der Waals surface area contributed by atoms with Gasteiger partial charge >= 0.3 is 5.97 Å². The molecule has 0 aliphatic rings. The zero-order valence-electron chi connectivity index (χ0n) is 14.1. The van der Waals surface area contributed by atoms with Crippen LogP contribution < -0.4 is 4.74 Å². The Balaban J connectivity index is 1.39. The minimum atomic E-state index is -0.443. The predicted octanol–water partition coefficient (Wildman–Crippen LogP) is 5.81. The Kier molecular flexibility index (Phi) is 3.73. The van der Waals surface area contributed by atoms with E-state index < -0.39 is 5.97 Å². The van der Waals surface area contributed by atoms with E-state index in [0.29, 0.717) is 5.75 Å². The number of benzene rings is 3. The molecule has 0 spiro atoms. The summed E-state index contributed by atoms with van der Waals surface area (Å²) in [5, 5.41) is 2.69. The molecule has 0 saturated carbocycles. The SMILES string of the molecule is O=C(/C=C/c1nc2ccccc2s1)Oc1ccc2oc3ccccc3c2c1. The molecule has 0 aliphatic carbocycles. The van der Waals surface area contributed by atoms with E-state index in [1.807, 2.05) is 60.7 Å². The largest absolute Gasteiger partial charge is 0.456 e. The van der Waals surface area contributed by atoms with Crippen molar-refractivity contribution in [3.05, 3.63) is 77.8 Å². The molecular weight excluding hydrogens is 358 g/mol. The van der Waals surface area contributed by atoms with Crippen molar-refractivity contribution in [1.29, 1.82) is 0 Å². The normalized spacial score (nSPS) is 11.7. The molecule has 2 heterocycles. The fraction of sp³-hybridized carbons (Fsp3) is 0. The number of hydrogen-bond donors (Lipinski definition) is 0. The highest BCUT2D eigenvalue weighted by atomic mass is 32.1. The third kappa shape index (κ3) is 2.98. The molecule has 3 aromatic carbocycles. The smallest absolute Gasteiger partial charge is 0.336 e. The summed E-state index contributed by atoms with van der Waals surface area (Å²) in [5.41, 5.74) is 2.50. The van der Waals surface area contributed by atoms with E-state index in [0.717, 1.165) is 37.2 Å². The minimum absolute atomic E-state index is 0.443. The van der Waals surface area contributed by atoms with Gasteiger partial charge in [0, 0.05) is 16.8 Å². The number of nitrogens with zero attached hydrogens (tertiary/aromatic N) is 1. The van der Waals surface area contributed by atoms with Crippen LogP contribution in [0.15, 0.2) is 77.2 Å². The maximum Gasteiger partial charge on any atom is 0.336 e. The van der Waals surface area contributed by atoms with Crippen LogP contribution in [-0.2, 0) is 4.79 Å². The highest BCUT2D eigenvalue weighted by Crippen LogP contribution is 2.31. The molecule has 5 aromatic rings. The second-order valence-corrected chi connectivity index (χ2v) is 7.09. The molecule has 0 aliphatic heterocycles. The van der Waals surface area contributed by atoms with E-state index >= 15 is 0 Å². The van der Waals surface area contributed by atoms with E-state index in [9.17, 15) is 4.79 Å². The number of thiazole rings is 1. The monoisotopic (exact) mass is 371 g/mol. The van der Waals surface area contributed by atoms with Crippen LogP contribution in [-0.4, -0.2) is 11.0 Å². The number of fused-ring (bicyclic) bond motifs is 4. The van der Waals surface area contributed by atoms with Crippen LogP contribution in [0.2, 0.25) is 0 Å². The number of hydrogen-bond acceptors (Lipinski definition) is 5. The number of furan rings is 1. The van der Waals surface area contributed by atoms with Crippen molar-refractivity contribution in [3.63, 3.8) is 0 Å². The third-order valence-corrected chi connectivity index (χ3v) is 5.24. The molecule has 0 radical (unpaired) electrons. The Morgan fingerprint density at radius 2 is 1.78 bits per heavy atom. The standard InChI is InChI=1S/C22H13NO3S/c24-22(12-11-21-23-17-6-2-4-8-20(17)27-21)25-14-9-10-19-16(13-14)15-5-1-3-7-18(15)26-19/h1-13H/b12-11+. The van der Waals surface area contributed by atoms with Crippen molar-refractivity contribution < 1.29 is 13.9 Å². The van der Waals surface area contributed by atoms with E-state index in [1.54, 1.807) is 12.1 Å². The Morgan fingerprint density at radius 3 is 2.70 bits per heavy atom. The quantitative estimate of drug-likeness (QED) is 0.228. The van der Waals surface area contributed by atoms with Crippen LogP contribution in [0.25, 0.3) is 38.2 Å². The first-order valence-electron chi connectivity index (χ1n) is 8.43. The molecule has 0 unspecified atom stereocenters. The summed E-state index contributed by atoms with van der Waals surface area (Å²) in [6.07, 6.45) is 3.08. The average Bonchev–Trinajstić information content (AvgIpc) is 3.27. The van der Waals surface area contributed by atoms with Gasteiger partial charge in [-0.2, -0.15) is 0 Å². The van der Waals surface area contributed by atoms with Gasteiger partial charge in [-0.15, -0.1) is 11.3 Å². The average molecular weight is 371 g/mol. The minimum Gasteiger partial charge on any atom is -0.456 e. The van der Waals surface area contributed by atoms with Crippen LogP contribution in [0, 0.1) is 0 Å². The van der Waals surface area contributed by atoms with Crippen LogP contribution in [0.1, 0.15) is 5.01 Å². The van der Waals surface area contributed by atoms with Crippen LogP contribution in [0.5, 0.6) is 5.75 Å². The molecule has 5 heteroatoms. The Bertz CT molecular complexity index is 1300. The van der Waals surface area contributed by atoms with Crippen LogP contribution in [0.4, 0.5) is 0 Å². The Hall–Kier alpha value is -3.44. The molecule has 4 nitrogen and oxygen atoms in total.